The van der Waals surface area contributed by atoms with Crippen molar-refractivity contribution in [2.75, 3.05) is 26.8 Å². The van der Waals surface area contributed by atoms with Crippen LogP contribution in [-0.2, 0) is 16.1 Å². The molecule has 4 nitrogen and oxygen atoms in total. The van der Waals surface area contributed by atoms with Gasteiger partial charge < -0.3 is 15.0 Å². The van der Waals surface area contributed by atoms with Gasteiger partial charge in [-0.1, -0.05) is 38.1 Å². The van der Waals surface area contributed by atoms with E-state index in [2.05, 4.69) is 43.4 Å². The van der Waals surface area contributed by atoms with E-state index >= 15 is 0 Å². The number of hydrogen-bond donors (Lipinski definition) is 1. The fourth-order valence-corrected chi connectivity index (χ4v) is 2.35. The third-order valence-electron chi connectivity index (χ3n) is 3.66. The van der Waals surface area contributed by atoms with Crippen LogP contribution in [-0.4, -0.2) is 43.7 Å². The van der Waals surface area contributed by atoms with Crippen LogP contribution in [0.2, 0.25) is 0 Å². The maximum absolute atomic E-state index is 12.3. The van der Waals surface area contributed by atoms with Gasteiger partial charge in [0, 0.05) is 20.1 Å². The maximum Gasteiger partial charge on any atom is 0.242 e. The van der Waals surface area contributed by atoms with Crippen LogP contribution >= 0.6 is 0 Å². The summed E-state index contributed by atoms with van der Waals surface area (Å²) < 4.78 is 5.34. The Bertz CT molecular complexity index is 436. The van der Waals surface area contributed by atoms with Crippen LogP contribution in [0, 0.1) is 0 Å². The van der Waals surface area contributed by atoms with E-state index in [9.17, 15) is 4.79 Å². The number of carbonyl (C=O) groups excluding carboxylic acids is 1. The number of hydrogen-bond acceptors (Lipinski definition) is 3. The first kappa shape index (κ1) is 15.0. The van der Waals surface area contributed by atoms with E-state index in [1.807, 2.05) is 7.05 Å². The predicted molar refractivity (Wildman–Crippen MR) is 79.6 cm³/mol. The van der Waals surface area contributed by atoms with Crippen LogP contribution in [0.4, 0.5) is 0 Å². The fraction of sp³-hybridized carbons (Fsp3) is 0.562. The molecule has 2 rings (SSSR count). The number of nitrogens with one attached hydrogen (secondary N) is 1. The first-order valence-corrected chi connectivity index (χ1v) is 7.23. The van der Waals surface area contributed by atoms with E-state index in [1.165, 1.54) is 5.56 Å². The Hall–Kier alpha value is -1.39. The van der Waals surface area contributed by atoms with E-state index in [-0.39, 0.29) is 11.9 Å². The summed E-state index contributed by atoms with van der Waals surface area (Å²) in [5, 5.41) is 3.19. The molecular formula is C16H24N2O2. The van der Waals surface area contributed by atoms with Gasteiger partial charge in [-0.05, 0) is 17.0 Å². The summed E-state index contributed by atoms with van der Waals surface area (Å²) in [7, 11) is 1.84. The molecule has 0 aliphatic carbocycles. The zero-order valence-electron chi connectivity index (χ0n) is 12.6. The van der Waals surface area contributed by atoms with E-state index in [0.717, 1.165) is 12.1 Å². The molecule has 4 heteroatoms. The second-order valence-corrected chi connectivity index (χ2v) is 5.67. The van der Waals surface area contributed by atoms with Gasteiger partial charge in [0.15, 0.2) is 0 Å². The lowest BCUT2D eigenvalue weighted by Crippen LogP contribution is -2.51. The highest BCUT2D eigenvalue weighted by Gasteiger charge is 2.24. The minimum atomic E-state index is -0.205. The topological polar surface area (TPSA) is 41.6 Å². The Morgan fingerprint density at radius 3 is 2.65 bits per heavy atom. The predicted octanol–water partition coefficient (Wildman–Crippen LogP) is 1.76. The van der Waals surface area contributed by atoms with Crippen molar-refractivity contribution in [3.63, 3.8) is 0 Å². The molecule has 1 atom stereocenters. The van der Waals surface area contributed by atoms with E-state index < -0.39 is 0 Å². The minimum absolute atomic E-state index is 0.0950. The van der Waals surface area contributed by atoms with Gasteiger partial charge in [-0.15, -0.1) is 0 Å². The van der Waals surface area contributed by atoms with Crippen LogP contribution in [0.5, 0.6) is 0 Å². The number of morpholine rings is 1. The highest BCUT2D eigenvalue weighted by molar-refractivity contribution is 5.81. The molecule has 110 valence electrons. The van der Waals surface area contributed by atoms with Gasteiger partial charge in [0.2, 0.25) is 5.91 Å². The van der Waals surface area contributed by atoms with Crippen molar-refractivity contribution >= 4 is 5.91 Å². The number of benzene rings is 1. The Balaban J connectivity index is 1.92. The number of rotatable bonds is 4. The van der Waals surface area contributed by atoms with Crippen LogP contribution in [0.3, 0.4) is 0 Å². The molecule has 0 radical (unpaired) electrons. The molecule has 0 saturated carbocycles. The molecule has 1 unspecified atom stereocenters. The van der Waals surface area contributed by atoms with Gasteiger partial charge in [-0.3, -0.25) is 4.79 Å². The quantitative estimate of drug-likeness (QED) is 0.911. The Labute approximate surface area is 121 Å². The van der Waals surface area contributed by atoms with E-state index in [4.69, 9.17) is 4.74 Å². The molecule has 1 aromatic rings. The SMILES string of the molecule is CC(C)c1ccc(CN(C)C(=O)C2COCCN2)cc1. The van der Waals surface area contributed by atoms with Gasteiger partial charge in [0.05, 0.1) is 13.2 Å². The molecule has 0 bridgehead atoms. The number of nitrogens with zero attached hydrogens (tertiary/aromatic N) is 1. The van der Waals surface area contributed by atoms with Gasteiger partial charge in [-0.25, -0.2) is 0 Å². The number of ether oxygens (including phenoxy) is 1. The van der Waals surface area contributed by atoms with Gasteiger partial charge in [0.25, 0.3) is 0 Å². The molecule has 20 heavy (non-hydrogen) atoms. The zero-order chi connectivity index (χ0) is 14.5. The average molecular weight is 276 g/mol. The fourth-order valence-electron chi connectivity index (χ4n) is 2.35. The molecule has 1 saturated heterocycles. The summed E-state index contributed by atoms with van der Waals surface area (Å²) in [6.45, 7) is 6.89. The van der Waals surface area contributed by atoms with Crippen molar-refractivity contribution in [3.8, 4) is 0 Å². The maximum atomic E-state index is 12.3. The lowest BCUT2D eigenvalue weighted by Gasteiger charge is -2.27. The average Bonchev–Trinajstić information content (AvgIpc) is 2.48. The second kappa shape index (κ2) is 6.86. The summed E-state index contributed by atoms with van der Waals surface area (Å²) in [6, 6.07) is 8.28. The Morgan fingerprint density at radius 2 is 2.10 bits per heavy atom. The van der Waals surface area contributed by atoms with Crippen molar-refractivity contribution in [3.05, 3.63) is 35.4 Å². The van der Waals surface area contributed by atoms with Crippen LogP contribution < -0.4 is 5.32 Å². The largest absolute Gasteiger partial charge is 0.378 e. The monoisotopic (exact) mass is 276 g/mol. The Morgan fingerprint density at radius 1 is 1.40 bits per heavy atom. The summed E-state index contributed by atoms with van der Waals surface area (Å²) in [5.74, 6) is 0.629. The molecule has 1 fully saturated rings. The van der Waals surface area contributed by atoms with Gasteiger partial charge >= 0.3 is 0 Å². The van der Waals surface area contributed by atoms with Crippen LogP contribution in [0.1, 0.15) is 30.9 Å². The third-order valence-corrected chi connectivity index (χ3v) is 3.66. The van der Waals surface area contributed by atoms with Crippen molar-refractivity contribution in [1.29, 1.82) is 0 Å². The number of likely N-dealkylation sites (N-methyl/N-ethyl adjacent to an activating group) is 1. The van der Waals surface area contributed by atoms with E-state index in [1.54, 1.807) is 4.90 Å². The molecule has 1 N–H and O–H groups in total. The molecule has 1 aliphatic rings. The number of carbonyl (C=O) groups is 1. The first-order valence-electron chi connectivity index (χ1n) is 7.23. The standard InChI is InChI=1S/C16H24N2O2/c1-12(2)14-6-4-13(5-7-14)10-18(3)16(19)15-11-20-9-8-17-15/h4-7,12,15,17H,8-11H2,1-3H3. The first-order chi connectivity index (χ1) is 9.58. The molecule has 1 aliphatic heterocycles. The molecule has 1 amide bonds. The van der Waals surface area contributed by atoms with Crippen molar-refractivity contribution in [2.24, 2.45) is 0 Å². The zero-order valence-corrected chi connectivity index (χ0v) is 12.6. The van der Waals surface area contributed by atoms with E-state index in [0.29, 0.717) is 25.7 Å². The number of amides is 1. The summed E-state index contributed by atoms with van der Waals surface area (Å²) in [4.78, 5) is 14.0. The lowest BCUT2D eigenvalue weighted by atomic mass is 10.0. The van der Waals surface area contributed by atoms with Gasteiger partial charge in [0.1, 0.15) is 6.04 Å². The minimum Gasteiger partial charge on any atom is -0.378 e. The van der Waals surface area contributed by atoms with Crippen molar-refractivity contribution < 1.29 is 9.53 Å². The summed E-state index contributed by atoms with van der Waals surface area (Å²) in [6.07, 6.45) is 0. The highest BCUT2D eigenvalue weighted by atomic mass is 16.5. The smallest absolute Gasteiger partial charge is 0.242 e. The Kier molecular flexibility index (Phi) is 5.15. The summed E-state index contributed by atoms with van der Waals surface area (Å²) >= 11 is 0. The third kappa shape index (κ3) is 3.81. The van der Waals surface area contributed by atoms with Crippen molar-refractivity contribution in [1.82, 2.24) is 10.2 Å². The summed E-state index contributed by atoms with van der Waals surface area (Å²) in [5.41, 5.74) is 2.48. The molecular weight excluding hydrogens is 252 g/mol. The van der Waals surface area contributed by atoms with Crippen LogP contribution in [0.25, 0.3) is 0 Å². The second-order valence-electron chi connectivity index (χ2n) is 5.67. The lowest BCUT2D eigenvalue weighted by molar-refractivity contribution is -0.135. The highest BCUT2D eigenvalue weighted by Crippen LogP contribution is 2.15. The molecule has 0 aromatic heterocycles. The van der Waals surface area contributed by atoms with Crippen molar-refractivity contribution in [2.45, 2.75) is 32.4 Å². The molecule has 0 spiro atoms. The normalized spacial score (nSPS) is 19.1. The van der Waals surface area contributed by atoms with Crippen LogP contribution in [0.15, 0.2) is 24.3 Å². The molecule has 1 aromatic carbocycles. The molecule has 1 heterocycles. The van der Waals surface area contributed by atoms with Gasteiger partial charge in [-0.2, -0.15) is 0 Å².